The Morgan fingerprint density at radius 1 is 1.03 bits per heavy atom. The second-order valence-corrected chi connectivity index (χ2v) is 9.06. The van der Waals surface area contributed by atoms with Gasteiger partial charge in [-0.1, -0.05) is 48.0 Å². The van der Waals surface area contributed by atoms with Crippen molar-refractivity contribution >= 4 is 33.2 Å². The molecule has 0 radical (unpaired) electrons. The van der Waals surface area contributed by atoms with Crippen LogP contribution in [0.5, 0.6) is 5.75 Å². The number of ether oxygens (including phenoxy) is 1. The Morgan fingerprint density at radius 3 is 2.42 bits per heavy atom. The molecule has 8 heteroatoms. The van der Waals surface area contributed by atoms with Crippen LogP contribution in [0.4, 0.5) is 5.69 Å². The molecule has 1 amide bonds. The lowest BCUT2D eigenvalue weighted by Crippen LogP contribution is -2.27. The van der Waals surface area contributed by atoms with Crippen molar-refractivity contribution in [2.75, 3.05) is 11.8 Å². The number of hydrogen-bond donors (Lipinski definition) is 2. The number of sulfonamides is 1. The number of aryl methyl sites for hydroxylation is 1. The van der Waals surface area contributed by atoms with Crippen molar-refractivity contribution in [3.8, 4) is 5.75 Å². The van der Waals surface area contributed by atoms with Gasteiger partial charge >= 0.3 is 0 Å². The van der Waals surface area contributed by atoms with Gasteiger partial charge in [0.25, 0.3) is 15.9 Å². The zero-order valence-electron chi connectivity index (χ0n) is 17.3. The van der Waals surface area contributed by atoms with Crippen LogP contribution in [-0.2, 0) is 10.0 Å². The van der Waals surface area contributed by atoms with Crippen LogP contribution in [0.25, 0.3) is 0 Å². The second-order valence-electron chi connectivity index (χ2n) is 7.00. The maximum absolute atomic E-state index is 12.9. The summed E-state index contributed by atoms with van der Waals surface area (Å²) in [4.78, 5) is 12.6. The van der Waals surface area contributed by atoms with E-state index >= 15 is 0 Å². The molecule has 0 bridgehead atoms. The van der Waals surface area contributed by atoms with Gasteiger partial charge in [-0.05, 0) is 49.7 Å². The first kappa shape index (κ1) is 22.7. The molecule has 0 aliphatic heterocycles. The highest BCUT2D eigenvalue weighted by molar-refractivity contribution is 7.92. The molecule has 0 heterocycles. The van der Waals surface area contributed by atoms with Gasteiger partial charge in [-0.25, -0.2) is 8.42 Å². The number of para-hydroxylation sites is 2. The van der Waals surface area contributed by atoms with Gasteiger partial charge in [-0.3, -0.25) is 9.52 Å². The fourth-order valence-corrected chi connectivity index (χ4v) is 4.78. The molecule has 0 spiro atoms. The van der Waals surface area contributed by atoms with E-state index in [1.165, 1.54) is 18.2 Å². The zero-order chi connectivity index (χ0) is 22.6. The number of carbonyl (C=O) groups excluding carboxylic acids is 1. The average Bonchev–Trinajstić information content (AvgIpc) is 2.75. The molecule has 0 aliphatic carbocycles. The first-order chi connectivity index (χ1) is 14.7. The summed E-state index contributed by atoms with van der Waals surface area (Å²) in [5.74, 6) is 0.222. The number of rotatable bonds is 7. The van der Waals surface area contributed by atoms with E-state index in [4.69, 9.17) is 16.3 Å². The monoisotopic (exact) mass is 458 g/mol. The van der Waals surface area contributed by atoms with Crippen LogP contribution in [0.1, 0.15) is 34.5 Å². The van der Waals surface area contributed by atoms with Gasteiger partial charge in [0.1, 0.15) is 10.6 Å². The van der Waals surface area contributed by atoms with Gasteiger partial charge in [0.05, 0.1) is 23.9 Å². The molecule has 3 rings (SSSR count). The third-order valence-corrected chi connectivity index (χ3v) is 6.67. The van der Waals surface area contributed by atoms with Gasteiger partial charge in [0.15, 0.2) is 0 Å². The molecule has 0 saturated heterocycles. The summed E-state index contributed by atoms with van der Waals surface area (Å²) in [5.41, 5.74) is 2.19. The molecule has 3 aromatic carbocycles. The predicted molar refractivity (Wildman–Crippen MR) is 122 cm³/mol. The van der Waals surface area contributed by atoms with E-state index in [1.54, 1.807) is 32.2 Å². The Labute approximate surface area is 187 Å². The van der Waals surface area contributed by atoms with Crippen molar-refractivity contribution in [1.82, 2.24) is 5.32 Å². The van der Waals surface area contributed by atoms with Gasteiger partial charge in [-0.15, -0.1) is 0 Å². The fraction of sp³-hybridized carbons (Fsp3) is 0.174. The van der Waals surface area contributed by atoms with Gasteiger partial charge in [0.2, 0.25) is 0 Å². The third kappa shape index (κ3) is 5.18. The van der Waals surface area contributed by atoms with Crippen molar-refractivity contribution in [2.24, 2.45) is 0 Å². The van der Waals surface area contributed by atoms with E-state index in [9.17, 15) is 13.2 Å². The Hall–Kier alpha value is -3.03. The standard InChI is InChI=1S/C23H23ClN2O4S/c1-15-8-4-6-10-20(15)26-31(28,29)22-14-17(12-13-19(22)24)23(27)25-16(2)18-9-5-7-11-21(18)30-3/h4-14,16,26H,1-3H3,(H,25,27)/t16-/m1/s1. The van der Waals surface area contributed by atoms with Crippen LogP contribution in [0.3, 0.4) is 0 Å². The minimum Gasteiger partial charge on any atom is -0.496 e. The van der Waals surface area contributed by atoms with E-state index in [1.807, 2.05) is 37.3 Å². The molecule has 1 atom stereocenters. The summed E-state index contributed by atoms with van der Waals surface area (Å²) in [7, 11) is -2.44. The molecule has 0 aromatic heterocycles. The Balaban J connectivity index is 1.86. The lowest BCUT2D eigenvalue weighted by atomic mass is 10.1. The Bertz CT molecular complexity index is 1210. The number of halogens is 1. The first-order valence-electron chi connectivity index (χ1n) is 9.54. The number of anilines is 1. The number of hydrogen-bond acceptors (Lipinski definition) is 4. The van der Waals surface area contributed by atoms with Crippen molar-refractivity contribution < 1.29 is 17.9 Å². The summed E-state index contributed by atoms with van der Waals surface area (Å²) in [6.45, 7) is 3.62. The average molecular weight is 459 g/mol. The van der Waals surface area contributed by atoms with Crippen LogP contribution < -0.4 is 14.8 Å². The summed E-state index contributed by atoms with van der Waals surface area (Å²) in [6.07, 6.45) is 0. The molecule has 31 heavy (non-hydrogen) atoms. The summed E-state index contributed by atoms with van der Waals surface area (Å²) in [6, 6.07) is 18.2. The quantitative estimate of drug-likeness (QED) is 0.524. The van der Waals surface area contributed by atoms with Crippen molar-refractivity contribution in [3.63, 3.8) is 0 Å². The van der Waals surface area contributed by atoms with Crippen LogP contribution in [0.2, 0.25) is 5.02 Å². The number of methoxy groups -OCH3 is 1. The molecular weight excluding hydrogens is 436 g/mol. The minimum absolute atomic E-state index is 0.0235. The second kappa shape index (κ2) is 9.41. The number of benzene rings is 3. The third-order valence-electron chi connectivity index (χ3n) is 4.83. The molecule has 0 fully saturated rings. The van der Waals surface area contributed by atoms with Gasteiger partial charge in [0, 0.05) is 11.1 Å². The van der Waals surface area contributed by atoms with Crippen LogP contribution in [0, 0.1) is 6.92 Å². The van der Waals surface area contributed by atoms with E-state index in [-0.39, 0.29) is 21.5 Å². The van der Waals surface area contributed by atoms with Gasteiger partial charge < -0.3 is 10.1 Å². The minimum atomic E-state index is -4.00. The summed E-state index contributed by atoms with van der Waals surface area (Å²) in [5, 5.41) is 2.89. The molecule has 3 aromatic rings. The number of carbonyl (C=O) groups is 1. The topological polar surface area (TPSA) is 84.5 Å². The lowest BCUT2D eigenvalue weighted by molar-refractivity contribution is 0.0939. The van der Waals surface area contributed by atoms with E-state index in [0.717, 1.165) is 11.1 Å². The molecular formula is C23H23ClN2O4S. The zero-order valence-corrected chi connectivity index (χ0v) is 18.9. The molecule has 6 nitrogen and oxygen atoms in total. The maximum Gasteiger partial charge on any atom is 0.263 e. The van der Waals surface area contributed by atoms with Crippen molar-refractivity contribution in [3.05, 3.63) is 88.4 Å². The molecule has 162 valence electrons. The Kier molecular flexibility index (Phi) is 6.87. The van der Waals surface area contributed by atoms with Crippen molar-refractivity contribution in [1.29, 1.82) is 0 Å². The van der Waals surface area contributed by atoms with Crippen LogP contribution in [0.15, 0.2) is 71.6 Å². The summed E-state index contributed by atoms with van der Waals surface area (Å²) < 4.78 is 33.7. The molecule has 0 unspecified atom stereocenters. The SMILES string of the molecule is COc1ccccc1[C@@H](C)NC(=O)c1ccc(Cl)c(S(=O)(=O)Nc2ccccc2C)c1. The molecule has 0 saturated carbocycles. The largest absolute Gasteiger partial charge is 0.496 e. The maximum atomic E-state index is 12.9. The van der Waals surface area contributed by atoms with E-state index in [2.05, 4.69) is 10.0 Å². The molecule has 0 aliphatic rings. The highest BCUT2D eigenvalue weighted by atomic mass is 35.5. The smallest absolute Gasteiger partial charge is 0.263 e. The first-order valence-corrected chi connectivity index (χ1v) is 11.4. The highest BCUT2D eigenvalue weighted by Crippen LogP contribution is 2.28. The lowest BCUT2D eigenvalue weighted by Gasteiger charge is -2.18. The van der Waals surface area contributed by atoms with Crippen LogP contribution >= 0.6 is 11.6 Å². The highest BCUT2D eigenvalue weighted by Gasteiger charge is 2.22. The van der Waals surface area contributed by atoms with Gasteiger partial charge in [-0.2, -0.15) is 0 Å². The normalized spacial score (nSPS) is 12.1. The summed E-state index contributed by atoms with van der Waals surface area (Å²) >= 11 is 6.17. The van der Waals surface area contributed by atoms with E-state index in [0.29, 0.717) is 11.4 Å². The predicted octanol–water partition coefficient (Wildman–Crippen LogP) is 4.95. The molecule has 2 N–H and O–H groups in total. The number of amides is 1. The van der Waals surface area contributed by atoms with Crippen LogP contribution in [-0.4, -0.2) is 21.4 Å². The number of nitrogens with one attached hydrogen (secondary N) is 2. The van der Waals surface area contributed by atoms with E-state index < -0.39 is 15.9 Å². The fourth-order valence-electron chi connectivity index (χ4n) is 3.12. The Morgan fingerprint density at radius 2 is 1.71 bits per heavy atom. The van der Waals surface area contributed by atoms with Crippen molar-refractivity contribution in [2.45, 2.75) is 24.8 Å².